The summed E-state index contributed by atoms with van der Waals surface area (Å²) < 4.78 is 0. The lowest BCUT2D eigenvalue weighted by Crippen LogP contribution is -2.51. The highest BCUT2D eigenvalue weighted by molar-refractivity contribution is 5.89. The molecule has 0 aromatic rings. The Balaban J connectivity index is 2.29. The fourth-order valence-corrected chi connectivity index (χ4v) is 2.33. The molecule has 0 aromatic heterocycles. The molecule has 4 heteroatoms. The minimum absolute atomic E-state index is 0.342. The molecule has 3 unspecified atom stereocenters. The zero-order valence-corrected chi connectivity index (χ0v) is 6.55. The van der Waals surface area contributed by atoms with E-state index in [1.807, 2.05) is 0 Å². The highest BCUT2D eigenvalue weighted by Gasteiger charge is 2.52. The summed E-state index contributed by atoms with van der Waals surface area (Å²) in [5.74, 6) is -1.20. The zero-order valence-electron chi connectivity index (χ0n) is 6.55. The van der Waals surface area contributed by atoms with E-state index >= 15 is 0 Å². The van der Waals surface area contributed by atoms with Crippen LogP contribution in [-0.2, 0) is 4.79 Å². The number of aliphatic hydroxyl groups is 3. The molecule has 0 aliphatic heterocycles. The van der Waals surface area contributed by atoms with Crippen molar-refractivity contribution in [3.05, 3.63) is 0 Å². The molecule has 2 fully saturated rings. The number of aliphatic hydroxyl groups excluding tert-OH is 3. The first kappa shape index (κ1) is 8.16. The van der Waals surface area contributed by atoms with E-state index in [9.17, 15) is 20.1 Å². The van der Waals surface area contributed by atoms with E-state index < -0.39 is 24.1 Å². The first-order valence-corrected chi connectivity index (χ1v) is 4.21. The fraction of sp³-hybridized carbons (Fsp3) is 0.875. The Morgan fingerprint density at radius 1 is 1.00 bits per heavy atom. The maximum Gasteiger partial charge on any atom is 0.190 e. The average molecular weight is 172 g/mol. The molecule has 0 aromatic carbocycles. The van der Waals surface area contributed by atoms with Crippen molar-refractivity contribution >= 4 is 5.78 Å². The molecule has 3 N–H and O–H groups in total. The third-order valence-corrected chi connectivity index (χ3v) is 3.10. The van der Waals surface area contributed by atoms with Gasteiger partial charge in [0.2, 0.25) is 0 Å². The fourth-order valence-electron chi connectivity index (χ4n) is 2.33. The van der Waals surface area contributed by atoms with Gasteiger partial charge in [-0.25, -0.2) is 0 Å². The van der Waals surface area contributed by atoms with Crippen LogP contribution in [0.25, 0.3) is 0 Å². The summed E-state index contributed by atoms with van der Waals surface area (Å²) in [6, 6.07) is 0. The normalized spacial score (nSPS) is 52.9. The summed E-state index contributed by atoms with van der Waals surface area (Å²) in [6.45, 7) is 0. The van der Waals surface area contributed by atoms with E-state index in [1.54, 1.807) is 0 Å². The van der Waals surface area contributed by atoms with Crippen LogP contribution in [0.3, 0.4) is 0 Å². The average Bonchev–Trinajstić information content (AvgIpc) is 2.38. The summed E-state index contributed by atoms with van der Waals surface area (Å²) in [5, 5.41) is 28.2. The van der Waals surface area contributed by atoms with Crippen LogP contribution in [0, 0.1) is 11.8 Å². The lowest BCUT2D eigenvalue weighted by atomic mass is 9.81. The molecule has 2 aliphatic rings. The highest BCUT2D eigenvalue weighted by atomic mass is 16.3. The SMILES string of the molecule is O=C1C(O)[C@H]2CC[C@@H](C1O)C2O. The Hall–Kier alpha value is -0.450. The summed E-state index contributed by atoms with van der Waals surface area (Å²) in [6.07, 6.45) is -1.75. The van der Waals surface area contributed by atoms with Crippen molar-refractivity contribution in [3.63, 3.8) is 0 Å². The number of Topliss-reactive ketones (excluding diaryl/α,β-unsaturated/α-hetero) is 1. The number of rotatable bonds is 0. The van der Waals surface area contributed by atoms with Crippen molar-refractivity contribution < 1.29 is 20.1 Å². The zero-order chi connectivity index (χ0) is 8.88. The largest absolute Gasteiger partial charge is 0.392 e. The molecule has 0 radical (unpaired) electrons. The predicted octanol–water partition coefficient (Wildman–Crippen LogP) is -1.32. The molecular weight excluding hydrogens is 160 g/mol. The Bertz CT molecular complexity index is 195. The number of hydrogen-bond acceptors (Lipinski definition) is 4. The number of ketones is 1. The van der Waals surface area contributed by atoms with Crippen LogP contribution in [0.2, 0.25) is 0 Å². The van der Waals surface area contributed by atoms with Crippen molar-refractivity contribution in [1.82, 2.24) is 0 Å². The van der Waals surface area contributed by atoms with Gasteiger partial charge in [0.05, 0.1) is 6.10 Å². The Kier molecular flexibility index (Phi) is 1.71. The monoisotopic (exact) mass is 172 g/mol. The summed E-state index contributed by atoms with van der Waals surface area (Å²) >= 11 is 0. The highest BCUT2D eigenvalue weighted by Crippen LogP contribution is 2.40. The van der Waals surface area contributed by atoms with Crippen molar-refractivity contribution in [2.45, 2.75) is 31.2 Å². The smallest absolute Gasteiger partial charge is 0.190 e. The third kappa shape index (κ3) is 0.856. The van der Waals surface area contributed by atoms with E-state index in [1.165, 1.54) is 0 Å². The van der Waals surface area contributed by atoms with Gasteiger partial charge in [0.1, 0.15) is 12.2 Å². The number of hydrogen-bond donors (Lipinski definition) is 3. The molecule has 0 heterocycles. The van der Waals surface area contributed by atoms with Crippen molar-refractivity contribution in [2.75, 3.05) is 0 Å². The minimum atomic E-state index is -1.16. The summed E-state index contributed by atoms with van der Waals surface area (Å²) in [7, 11) is 0. The minimum Gasteiger partial charge on any atom is -0.392 e. The second kappa shape index (κ2) is 2.52. The van der Waals surface area contributed by atoms with Gasteiger partial charge in [0, 0.05) is 11.8 Å². The van der Waals surface area contributed by atoms with Gasteiger partial charge in [0.15, 0.2) is 5.78 Å². The Morgan fingerprint density at radius 3 is 1.83 bits per heavy atom. The second-order valence-corrected chi connectivity index (χ2v) is 3.69. The molecule has 4 nitrogen and oxygen atoms in total. The quantitative estimate of drug-likeness (QED) is 0.423. The summed E-state index contributed by atoms with van der Waals surface area (Å²) in [4.78, 5) is 11.1. The van der Waals surface area contributed by atoms with Gasteiger partial charge in [-0.3, -0.25) is 4.79 Å². The van der Waals surface area contributed by atoms with E-state index in [0.717, 1.165) is 0 Å². The Morgan fingerprint density at radius 2 is 1.42 bits per heavy atom. The van der Waals surface area contributed by atoms with Gasteiger partial charge >= 0.3 is 0 Å². The van der Waals surface area contributed by atoms with Crippen LogP contribution >= 0.6 is 0 Å². The molecule has 0 amide bonds. The third-order valence-electron chi connectivity index (χ3n) is 3.10. The van der Waals surface area contributed by atoms with Crippen LogP contribution in [-0.4, -0.2) is 39.4 Å². The molecule has 2 aliphatic carbocycles. The molecule has 12 heavy (non-hydrogen) atoms. The first-order chi connectivity index (χ1) is 5.63. The van der Waals surface area contributed by atoms with E-state index in [4.69, 9.17) is 0 Å². The van der Waals surface area contributed by atoms with E-state index in [0.29, 0.717) is 12.8 Å². The molecule has 0 spiro atoms. The van der Waals surface area contributed by atoms with Gasteiger partial charge in [-0.2, -0.15) is 0 Å². The van der Waals surface area contributed by atoms with Crippen LogP contribution in [0.4, 0.5) is 0 Å². The molecule has 68 valence electrons. The van der Waals surface area contributed by atoms with Gasteiger partial charge in [-0.05, 0) is 12.8 Å². The molecular formula is C8H12O4. The number of carbonyl (C=O) groups excluding carboxylic acids is 1. The molecule has 2 bridgehead atoms. The standard InChI is InChI=1S/C8H12O4/c9-5-3-1-2-4(5)7(11)8(12)6(3)10/h3-7,9-11H,1-2H2/t3-,4+,5?,6?,7?. The van der Waals surface area contributed by atoms with Gasteiger partial charge in [0.25, 0.3) is 0 Å². The molecule has 2 rings (SSSR count). The molecule has 5 atom stereocenters. The lowest BCUT2D eigenvalue weighted by Gasteiger charge is -2.32. The van der Waals surface area contributed by atoms with Gasteiger partial charge in [-0.1, -0.05) is 0 Å². The van der Waals surface area contributed by atoms with Crippen LogP contribution < -0.4 is 0 Å². The maximum atomic E-state index is 11.1. The lowest BCUT2D eigenvalue weighted by molar-refractivity contribution is -0.153. The van der Waals surface area contributed by atoms with Crippen LogP contribution in [0.5, 0.6) is 0 Å². The van der Waals surface area contributed by atoms with Crippen molar-refractivity contribution in [3.8, 4) is 0 Å². The van der Waals surface area contributed by atoms with E-state index in [2.05, 4.69) is 0 Å². The van der Waals surface area contributed by atoms with E-state index in [-0.39, 0.29) is 11.8 Å². The molecule has 0 saturated heterocycles. The van der Waals surface area contributed by atoms with Crippen molar-refractivity contribution in [2.24, 2.45) is 11.8 Å². The molecule has 2 saturated carbocycles. The Labute approximate surface area is 69.8 Å². The number of carbonyl (C=O) groups is 1. The topological polar surface area (TPSA) is 77.8 Å². The van der Waals surface area contributed by atoms with Gasteiger partial charge in [-0.15, -0.1) is 0 Å². The second-order valence-electron chi connectivity index (χ2n) is 3.69. The van der Waals surface area contributed by atoms with Gasteiger partial charge < -0.3 is 15.3 Å². The first-order valence-electron chi connectivity index (χ1n) is 4.21. The number of fused-ring (bicyclic) bond motifs is 2. The maximum absolute atomic E-state index is 11.1. The van der Waals surface area contributed by atoms with Crippen LogP contribution in [0.1, 0.15) is 12.8 Å². The van der Waals surface area contributed by atoms with Crippen LogP contribution in [0.15, 0.2) is 0 Å². The predicted molar refractivity (Wildman–Crippen MR) is 39.2 cm³/mol. The van der Waals surface area contributed by atoms with Crippen molar-refractivity contribution in [1.29, 1.82) is 0 Å². The summed E-state index contributed by atoms with van der Waals surface area (Å²) in [5.41, 5.74) is 0.